The van der Waals surface area contributed by atoms with Crippen LogP contribution in [0.25, 0.3) is 0 Å². The first-order valence-electron chi connectivity index (χ1n) is 55.6. The molecule has 20 aliphatic rings. The van der Waals surface area contributed by atoms with E-state index in [4.69, 9.17) is 0 Å². The van der Waals surface area contributed by atoms with Gasteiger partial charge >= 0.3 is 0 Å². The third-order valence-corrected chi connectivity index (χ3v) is 45.2. The van der Waals surface area contributed by atoms with Gasteiger partial charge in [-0.1, -0.05) is 144 Å². The molecular weight excluding hydrogens is 1650 g/mol. The highest BCUT2D eigenvalue weighted by Crippen LogP contribution is 2.67. The van der Waals surface area contributed by atoms with Gasteiger partial charge in [0.25, 0.3) is 0 Å². The van der Waals surface area contributed by atoms with Gasteiger partial charge in [-0.15, -0.1) is 0 Å². The Hall–Kier alpha value is -0.620. The summed E-state index contributed by atoms with van der Waals surface area (Å²) < 4.78 is 11.9. The van der Waals surface area contributed by atoms with Crippen LogP contribution in [0, 0.1) is 173 Å². The van der Waals surface area contributed by atoms with E-state index in [0.717, 1.165) is 93.2 Å². The van der Waals surface area contributed by atoms with Gasteiger partial charge < -0.3 is 80.7 Å². The molecule has 12 aliphatic carbocycles. The average molecular weight is 1860 g/mol. The number of aliphatic hydroxyl groups excluding tert-OH is 9. The molecule has 0 amide bonds. The van der Waals surface area contributed by atoms with Crippen LogP contribution in [0.5, 0.6) is 0 Å². The minimum atomic E-state index is -1.82. The third kappa shape index (κ3) is 22.5. The number of rotatable bonds is 10. The zero-order valence-electron chi connectivity index (χ0n) is 89.4. The maximum absolute atomic E-state index is 11.9. The maximum atomic E-state index is 11.9. The molecule has 0 radical (unpaired) electrons. The van der Waals surface area contributed by atoms with E-state index in [1.54, 1.807) is 0 Å². The third-order valence-electron chi connectivity index (χ3n) is 43.3. The molecule has 8 heterocycles. The molecule has 21 unspecified atom stereocenters. The Balaban J connectivity index is 0.000000133. The summed E-state index contributed by atoms with van der Waals surface area (Å²) in [7, 11) is 13.4. The second kappa shape index (κ2) is 43.5. The molecule has 8 aliphatic heterocycles. The highest BCUT2D eigenvalue weighted by molar-refractivity contribution is 8.00. The predicted molar refractivity (Wildman–Crippen MR) is 545 cm³/mol. The average Bonchev–Trinajstić information content (AvgIpc) is 1.60. The summed E-state index contributed by atoms with van der Waals surface area (Å²) in [6.07, 6.45) is 39.3. The molecule has 131 heavy (non-hydrogen) atoms. The van der Waals surface area contributed by atoms with Crippen molar-refractivity contribution in [3.63, 3.8) is 0 Å². The van der Waals surface area contributed by atoms with Crippen molar-refractivity contribution in [1.29, 1.82) is 0 Å². The Kier molecular flexibility index (Phi) is 36.3. The molecule has 764 valence electrons. The van der Waals surface area contributed by atoms with Gasteiger partial charge in [0, 0.05) is 85.1 Å². The second-order valence-corrected chi connectivity index (χ2v) is 57.0. The van der Waals surface area contributed by atoms with Crippen LogP contribution in [0.2, 0.25) is 0 Å². The van der Waals surface area contributed by atoms with E-state index < -0.39 is 9.52 Å². The van der Waals surface area contributed by atoms with Crippen LogP contribution < -0.4 is 5.32 Å². The monoisotopic (exact) mass is 1860 g/mol. The normalized spacial score (nSPS) is 44.1. The Bertz CT molecular complexity index is 3530. The molecular formula is C113H211N7O10S. The maximum Gasteiger partial charge on any atom is 0.0651 e. The standard InChI is InChI=1S/2C14H25NO.2C13H25NO.C13H24O2S.C13H24O.C12H23NO.C11H21NO.C10H19NO/c1-9(2)12-6-14(13(12)16)10-4-5-11(14)8-15(3)7-10;1-9(2)12-8-14(13(12)16)6-10-4-5-11(7-14)15(10)3;1-9(2)11-8-13(12(11)15)6-4-10(14-3)5-7-13;1-10(2)11-4-5-13(12(11)15)6-8-14(3)9-7-13;1-10(2)11-4-5-13(12(11)14)6-8-16(3,15)9-7-13;1-9(2)11-8-13(12(11)14)6-4-10(3)5-7-13;1-9(2)10-8-12(11(10)14)4-6-13(3)7-5-12;1-8(2)9-4-5-11(10(9)13)6-12(3)7-11;1-7(2)8-4-10(9(8)12)5-11(3)6-10/h2*9-13,16H,4-8H2,1-3H3;9-12,14-15H,4-8H2,1-3H3;10-12,15H,4-9H2,1-3H3;10-12,14H,3-9H2,1-2H3;9-12,14H,4-8H2,1-3H3;9-11,14H,4-8H2,1-3H3;8-10,13H,4-7H2,1-3H3;7-9,12H,4-6H2,1-3H3/t;;10?,11?,12-,13?;;;;;;/m..1....../s1. The van der Waals surface area contributed by atoms with Crippen LogP contribution >= 0.6 is 0 Å². The smallest absolute Gasteiger partial charge is 0.0651 e. The van der Waals surface area contributed by atoms with Gasteiger partial charge in [-0.25, -0.2) is 0 Å². The van der Waals surface area contributed by atoms with Crippen LogP contribution in [0.1, 0.15) is 337 Å². The van der Waals surface area contributed by atoms with Gasteiger partial charge in [0.15, 0.2) is 0 Å². The first-order valence-corrected chi connectivity index (χ1v) is 57.6. The summed E-state index contributed by atoms with van der Waals surface area (Å²) in [4.78, 5) is 14.4. The molecule has 4 bridgehead atoms. The highest BCUT2D eigenvalue weighted by Gasteiger charge is 2.67. The molecule has 0 aromatic carbocycles. The topological polar surface area (TPSA) is 231 Å². The first-order chi connectivity index (χ1) is 61.3. The Morgan fingerprint density at radius 1 is 0.290 bits per heavy atom. The van der Waals surface area contributed by atoms with E-state index in [2.05, 4.69) is 221 Å². The molecule has 22 atom stereocenters. The molecule has 20 rings (SSSR count). The Labute approximate surface area is 804 Å². The summed E-state index contributed by atoms with van der Waals surface area (Å²) in [5.74, 6) is 18.4. The van der Waals surface area contributed by atoms with Crippen molar-refractivity contribution in [1.82, 2.24) is 34.7 Å². The van der Waals surface area contributed by atoms with Crippen molar-refractivity contribution in [2.45, 2.75) is 410 Å². The summed E-state index contributed by atoms with van der Waals surface area (Å²) >= 11 is 0. The number of fused-ring (bicyclic) bond motifs is 2. The van der Waals surface area contributed by atoms with Crippen molar-refractivity contribution in [2.75, 3.05) is 126 Å². The largest absolute Gasteiger partial charge is 0.392 e. The Morgan fingerprint density at radius 2 is 0.565 bits per heavy atom. The van der Waals surface area contributed by atoms with Crippen molar-refractivity contribution in [3.8, 4) is 0 Å². The van der Waals surface area contributed by atoms with Crippen LogP contribution in [0.3, 0.4) is 0 Å². The van der Waals surface area contributed by atoms with E-state index in [9.17, 15) is 50.2 Å². The van der Waals surface area contributed by atoms with Gasteiger partial charge in [-0.2, -0.15) is 0 Å². The van der Waals surface area contributed by atoms with Crippen LogP contribution in [-0.2, 0) is 9.52 Å². The fraction of sp³-hybridized carbons (Fsp3) is 0.991. The van der Waals surface area contributed by atoms with Crippen molar-refractivity contribution >= 4 is 15.4 Å². The minimum absolute atomic E-state index is 0.00120. The molecule has 9 spiro atoms. The lowest BCUT2D eigenvalue weighted by Gasteiger charge is -2.62. The van der Waals surface area contributed by atoms with Crippen LogP contribution in [0.15, 0.2) is 0 Å². The second-order valence-electron chi connectivity index (χ2n) is 54.2. The van der Waals surface area contributed by atoms with E-state index in [1.807, 2.05) is 0 Å². The zero-order valence-corrected chi connectivity index (χ0v) is 90.2. The molecule has 20 fully saturated rings. The van der Waals surface area contributed by atoms with Gasteiger partial charge in [0.05, 0.1) is 54.9 Å². The summed E-state index contributed by atoms with van der Waals surface area (Å²) in [6.45, 7) is 54.1. The quantitative estimate of drug-likeness (QED) is 0.0917. The lowest BCUT2D eigenvalue weighted by molar-refractivity contribution is -0.201. The molecule has 0 aromatic heterocycles. The van der Waals surface area contributed by atoms with Crippen molar-refractivity contribution in [2.24, 2.45) is 173 Å². The number of piperidine rings is 4. The van der Waals surface area contributed by atoms with E-state index in [-0.39, 0.29) is 71.2 Å². The summed E-state index contributed by atoms with van der Waals surface area (Å²) in [5.41, 5.74) is 2.56. The number of hydrogen-bond acceptors (Lipinski definition) is 17. The van der Waals surface area contributed by atoms with Gasteiger partial charge in [-0.05, 0) is 440 Å². The Morgan fingerprint density at radius 3 is 0.885 bits per heavy atom. The lowest BCUT2D eigenvalue weighted by Crippen LogP contribution is -2.69. The lowest BCUT2D eigenvalue weighted by atomic mass is 9.48. The van der Waals surface area contributed by atoms with E-state index >= 15 is 0 Å². The molecule has 0 aromatic rings. The SMILES string of the molecule is C=S1(=O)CCC2(CCC(C(C)C)C2O)CC1.CC(C)C1CC2(C3CCC2CN(C)C3)C1O.CC(C)C1CC2(CC3CCC(C2)N3C)C1O.CC(C)C1CC2(CCN(C)CC2)C1O.CC(C)C1CC2(CN(C)C2)C1O.CC(C)C1CCC2(CCN(C)CC2)C1O.CC(C)C1CCC2(CN(C)C2)C1O.CC1CCC2(CC1)CC(C(C)C)C2O.CNC1CCC2(CC1)CC(C(C)C)[C@H]2O. The fourth-order valence-corrected chi connectivity index (χ4v) is 34.7. The van der Waals surface area contributed by atoms with Crippen LogP contribution in [0.4, 0.5) is 0 Å². The van der Waals surface area contributed by atoms with E-state index in [0.29, 0.717) is 145 Å². The zero-order chi connectivity index (χ0) is 96.3. The number of aliphatic hydroxyl groups is 9. The highest BCUT2D eigenvalue weighted by atomic mass is 32.2. The van der Waals surface area contributed by atoms with Gasteiger partial charge in [0.1, 0.15) is 0 Å². The van der Waals surface area contributed by atoms with Crippen LogP contribution in [-0.4, -0.2) is 285 Å². The summed E-state index contributed by atoms with van der Waals surface area (Å²) in [5, 5.41) is 96.4. The number of likely N-dealkylation sites (tertiary alicyclic amines) is 5. The number of nitrogens with one attached hydrogen (secondary N) is 1. The number of nitrogens with zero attached hydrogens (tertiary/aromatic N) is 6. The van der Waals surface area contributed by atoms with Gasteiger partial charge in [-0.3, -0.25) is 4.21 Å². The fourth-order valence-electron chi connectivity index (χ4n) is 32.9. The van der Waals surface area contributed by atoms with Crippen molar-refractivity contribution in [3.05, 3.63) is 0 Å². The molecule has 10 N–H and O–H groups in total. The molecule has 8 saturated heterocycles. The predicted octanol–water partition coefficient (Wildman–Crippen LogP) is 17.7. The molecule has 18 heteroatoms. The molecule has 17 nitrogen and oxygen atoms in total. The molecule has 12 saturated carbocycles. The van der Waals surface area contributed by atoms with E-state index in [1.165, 1.54) is 219 Å². The number of hydrogen-bond donors (Lipinski definition) is 10. The first kappa shape index (κ1) is 109. The van der Waals surface area contributed by atoms with Crippen molar-refractivity contribution < 1.29 is 50.2 Å². The van der Waals surface area contributed by atoms with Gasteiger partial charge in [0.2, 0.25) is 0 Å². The summed E-state index contributed by atoms with van der Waals surface area (Å²) in [6, 6.07) is 2.23. The minimum Gasteiger partial charge on any atom is -0.392 e.